The number of hydrogen-bond donors (Lipinski definition) is 1. The lowest BCUT2D eigenvalue weighted by atomic mass is 10.0. The molecule has 3 aromatic carbocycles. The summed E-state index contributed by atoms with van der Waals surface area (Å²) in [5, 5.41) is 2.81. The molecule has 3 aromatic rings. The maximum atomic E-state index is 12.9. The van der Waals surface area contributed by atoms with Crippen molar-refractivity contribution in [1.82, 2.24) is 0 Å². The van der Waals surface area contributed by atoms with Crippen molar-refractivity contribution in [2.24, 2.45) is 0 Å². The first kappa shape index (κ1) is 20.3. The molecule has 0 saturated heterocycles. The van der Waals surface area contributed by atoms with Crippen molar-refractivity contribution in [3.8, 4) is 11.1 Å². The molecule has 0 spiro atoms. The lowest BCUT2D eigenvalue weighted by Crippen LogP contribution is -2.41. The van der Waals surface area contributed by atoms with E-state index in [4.69, 9.17) is 4.74 Å². The first-order chi connectivity index (χ1) is 15.0. The third-order valence-corrected chi connectivity index (χ3v) is 5.18. The summed E-state index contributed by atoms with van der Waals surface area (Å²) in [6.07, 6.45) is 0.162. The number of fused-ring (bicyclic) bond motifs is 1. The van der Waals surface area contributed by atoms with E-state index in [1.54, 1.807) is 43.3 Å². The minimum absolute atomic E-state index is 0.161. The van der Waals surface area contributed by atoms with Crippen molar-refractivity contribution in [2.45, 2.75) is 19.4 Å². The Labute approximate surface area is 180 Å². The Hall–Kier alpha value is -3.93. The lowest BCUT2D eigenvalue weighted by Gasteiger charge is -2.27. The van der Waals surface area contributed by atoms with E-state index in [9.17, 15) is 14.4 Å². The second kappa shape index (κ2) is 8.83. The first-order valence-electron chi connectivity index (χ1n) is 10.1. The number of ether oxygens (including phenoxy) is 1. The number of para-hydroxylation sites is 2. The zero-order chi connectivity index (χ0) is 21.8. The van der Waals surface area contributed by atoms with Gasteiger partial charge in [-0.2, -0.15) is 0 Å². The van der Waals surface area contributed by atoms with Crippen LogP contribution in [0.15, 0.2) is 78.9 Å². The summed E-state index contributed by atoms with van der Waals surface area (Å²) >= 11 is 0. The van der Waals surface area contributed by atoms with Crippen LogP contribution in [0.5, 0.6) is 0 Å². The number of esters is 1. The second-order valence-electron chi connectivity index (χ2n) is 7.40. The van der Waals surface area contributed by atoms with Gasteiger partial charge in [-0.05, 0) is 42.3 Å². The van der Waals surface area contributed by atoms with Gasteiger partial charge in [-0.15, -0.1) is 0 Å². The number of amides is 2. The number of carbonyl (C=O) groups is 3. The van der Waals surface area contributed by atoms with Gasteiger partial charge < -0.3 is 15.0 Å². The third-order valence-electron chi connectivity index (χ3n) is 5.18. The molecule has 1 heterocycles. The van der Waals surface area contributed by atoms with Gasteiger partial charge in [0.25, 0.3) is 5.91 Å². The van der Waals surface area contributed by atoms with Gasteiger partial charge in [0.2, 0.25) is 5.91 Å². The number of nitrogens with one attached hydrogen (secondary N) is 1. The number of hydrogen-bond acceptors (Lipinski definition) is 4. The van der Waals surface area contributed by atoms with E-state index in [1.165, 1.54) is 4.90 Å². The largest absolute Gasteiger partial charge is 0.452 e. The van der Waals surface area contributed by atoms with Crippen LogP contribution >= 0.6 is 0 Å². The number of anilines is 2. The lowest BCUT2D eigenvalue weighted by molar-refractivity contribution is -0.122. The Morgan fingerprint density at radius 2 is 1.58 bits per heavy atom. The molecule has 1 N–H and O–H groups in total. The van der Waals surface area contributed by atoms with E-state index >= 15 is 0 Å². The highest BCUT2D eigenvalue weighted by atomic mass is 16.5. The molecule has 156 valence electrons. The van der Waals surface area contributed by atoms with Crippen LogP contribution in [0.1, 0.15) is 23.7 Å². The third kappa shape index (κ3) is 4.48. The monoisotopic (exact) mass is 414 g/mol. The smallest absolute Gasteiger partial charge is 0.338 e. The fourth-order valence-electron chi connectivity index (χ4n) is 3.68. The van der Waals surface area contributed by atoms with E-state index in [1.807, 2.05) is 42.5 Å². The molecule has 0 fully saturated rings. The minimum atomic E-state index is -0.571. The molecule has 2 amide bonds. The van der Waals surface area contributed by atoms with Gasteiger partial charge >= 0.3 is 5.97 Å². The molecule has 0 aromatic heterocycles. The highest BCUT2D eigenvalue weighted by Crippen LogP contribution is 2.31. The van der Waals surface area contributed by atoms with Crippen molar-refractivity contribution in [3.63, 3.8) is 0 Å². The van der Waals surface area contributed by atoms with E-state index in [0.717, 1.165) is 11.1 Å². The standard InChI is InChI=1S/C25H22N2O4/c1-17-15-23(28)26-21-9-5-6-10-22(21)27(17)24(29)16-31-25(30)20-13-11-19(12-14-20)18-7-3-2-4-8-18/h2-14,17H,15-16H2,1H3,(H,26,28). The SMILES string of the molecule is CC1CC(=O)Nc2ccccc2N1C(=O)COC(=O)c1ccc(-c2ccccc2)cc1. The number of benzene rings is 3. The summed E-state index contributed by atoms with van der Waals surface area (Å²) in [4.78, 5) is 39.0. The van der Waals surface area contributed by atoms with Gasteiger partial charge in [-0.3, -0.25) is 9.59 Å². The molecular weight excluding hydrogens is 392 g/mol. The van der Waals surface area contributed by atoms with Crippen LogP contribution in [-0.4, -0.2) is 30.4 Å². The summed E-state index contributed by atoms with van der Waals surface area (Å²) in [6.45, 7) is 1.38. The van der Waals surface area contributed by atoms with E-state index in [0.29, 0.717) is 16.9 Å². The Balaban J connectivity index is 1.45. The second-order valence-corrected chi connectivity index (χ2v) is 7.40. The molecule has 0 radical (unpaired) electrons. The summed E-state index contributed by atoms with van der Waals surface area (Å²) in [7, 11) is 0. The van der Waals surface area contributed by atoms with Crippen molar-refractivity contribution in [3.05, 3.63) is 84.4 Å². The molecule has 4 rings (SSSR count). The Bertz CT molecular complexity index is 1110. The van der Waals surface area contributed by atoms with Crippen LogP contribution in [0.4, 0.5) is 11.4 Å². The molecule has 31 heavy (non-hydrogen) atoms. The van der Waals surface area contributed by atoms with Crippen molar-refractivity contribution >= 4 is 29.2 Å². The normalized spacial score (nSPS) is 15.5. The summed E-state index contributed by atoms with van der Waals surface area (Å²) in [6, 6.07) is 23.6. The molecule has 0 aliphatic carbocycles. The molecule has 6 nitrogen and oxygen atoms in total. The van der Waals surface area contributed by atoms with Gasteiger partial charge in [0, 0.05) is 12.5 Å². The van der Waals surface area contributed by atoms with E-state index in [-0.39, 0.29) is 24.3 Å². The fraction of sp³-hybridized carbons (Fsp3) is 0.160. The topological polar surface area (TPSA) is 75.7 Å². The first-order valence-corrected chi connectivity index (χ1v) is 10.1. The summed E-state index contributed by atoms with van der Waals surface area (Å²) in [5.41, 5.74) is 3.56. The summed E-state index contributed by atoms with van der Waals surface area (Å²) < 4.78 is 5.28. The number of rotatable bonds is 4. The molecule has 1 aliphatic rings. The molecule has 1 unspecified atom stereocenters. The van der Waals surface area contributed by atoms with Crippen molar-refractivity contribution < 1.29 is 19.1 Å². The summed E-state index contributed by atoms with van der Waals surface area (Å²) in [5.74, 6) is -1.12. The molecule has 1 atom stereocenters. The predicted molar refractivity (Wildman–Crippen MR) is 119 cm³/mol. The number of carbonyl (C=O) groups excluding carboxylic acids is 3. The minimum Gasteiger partial charge on any atom is -0.452 e. The molecule has 6 heteroatoms. The van der Waals surface area contributed by atoms with Crippen LogP contribution in [0, 0.1) is 0 Å². The predicted octanol–water partition coefficient (Wildman–Crippen LogP) is 4.27. The highest BCUT2D eigenvalue weighted by molar-refractivity contribution is 6.05. The van der Waals surface area contributed by atoms with Crippen LogP contribution in [0.2, 0.25) is 0 Å². The Kier molecular flexibility index (Phi) is 5.80. The van der Waals surface area contributed by atoms with Crippen LogP contribution in [0.3, 0.4) is 0 Å². The van der Waals surface area contributed by atoms with Crippen LogP contribution in [0.25, 0.3) is 11.1 Å². The zero-order valence-corrected chi connectivity index (χ0v) is 17.1. The van der Waals surface area contributed by atoms with Crippen molar-refractivity contribution in [2.75, 3.05) is 16.8 Å². The van der Waals surface area contributed by atoms with Gasteiger partial charge in [0.05, 0.1) is 16.9 Å². The number of nitrogens with zero attached hydrogens (tertiary/aromatic N) is 1. The van der Waals surface area contributed by atoms with Gasteiger partial charge in [0.15, 0.2) is 6.61 Å². The Morgan fingerprint density at radius 3 is 2.32 bits per heavy atom. The van der Waals surface area contributed by atoms with Gasteiger partial charge in [-0.1, -0.05) is 54.6 Å². The molecule has 0 saturated carbocycles. The van der Waals surface area contributed by atoms with Gasteiger partial charge in [-0.25, -0.2) is 4.79 Å². The zero-order valence-electron chi connectivity index (χ0n) is 17.1. The quantitative estimate of drug-likeness (QED) is 0.647. The average Bonchev–Trinajstić information content (AvgIpc) is 2.92. The average molecular weight is 414 g/mol. The van der Waals surface area contributed by atoms with Crippen LogP contribution in [-0.2, 0) is 14.3 Å². The highest BCUT2D eigenvalue weighted by Gasteiger charge is 2.30. The molecular formula is C25H22N2O4. The fourth-order valence-corrected chi connectivity index (χ4v) is 3.68. The molecule has 0 bridgehead atoms. The van der Waals surface area contributed by atoms with E-state index in [2.05, 4.69) is 5.32 Å². The maximum Gasteiger partial charge on any atom is 0.338 e. The van der Waals surface area contributed by atoms with Gasteiger partial charge in [0.1, 0.15) is 0 Å². The van der Waals surface area contributed by atoms with Crippen LogP contribution < -0.4 is 10.2 Å². The Morgan fingerprint density at radius 1 is 0.935 bits per heavy atom. The maximum absolute atomic E-state index is 12.9. The van der Waals surface area contributed by atoms with E-state index < -0.39 is 12.6 Å². The molecule has 1 aliphatic heterocycles. The van der Waals surface area contributed by atoms with Crippen molar-refractivity contribution in [1.29, 1.82) is 0 Å².